The SMILES string of the molecule is CC(C)C(O)CC(O)C(C)C.Cc1c[c-]c(-c2ncc(-c3cccc(F)c3)nc2-c2ccc(C)cc2)cc1.[Ir]. The fraction of sp³-hybridized carbons (Fsp3) is 0.333. The van der Waals surface area contributed by atoms with Crippen molar-refractivity contribution in [2.24, 2.45) is 11.8 Å². The third-order valence-electron chi connectivity index (χ3n) is 6.46. The van der Waals surface area contributed by atoms with Crippen molar-refractivity contribution in [2.75, 3.05) is 0 Å². The van der Waals surface area contributed by atoms with Crippen molar-refractivity contribution >= 4 is 0 Å². The van der Waals surface area contributed by atoms with E-state index in [1.54, 1.807) is 12.3 Å². The van der Waals surface area contributed by atoms with Gasteiger partial charge in [0.2, 0.25) is 0 Å². The Kier molecular flexibility index (Phi) is 12.6. The molecule has 1 aromatic heterocycles. The number of aliphatic hydroxyl groups excluding tert-OH is 2. The van der Waals surface area contributed by atoms with E-state index < -0.39 is 0 Å². The van der Waals surface area contributed by atoms with Crippen LogP contribution < -0.4 is 0 Å². The van der Waals surface area contributed by atoms with E-state index in [-0.39, 0.29) is 50.0 Å². The largest absolute Gasteiger partial charge is 0.393 e. The third-order valence-corrected chi connectivity index (χ3v) is 6.46. The zero-order chi connectivity index (χ0) is 27.8. The van der Waals surface area contributed by atoms with E-state index in [0.717, 1.165) is 28.1 Å². The molecule has 0 saturated carbocycles. The van der Waals surface area contributed by atoms with Crippen LogP contribution in [0.15, 0.2) is 72.9 Å². The van der Waals surface area contributed by atoms with E-state index in [9.17, 15) is 14.6 Å². The van der Waals surface area contributed by atoms with Crippen LogP contribution in [0.5, 0.6) is 0 Å². The van der Waals surface area contributed by atoms with Gasteiger partial charge < -0.3 is 15.2 Å². The van der Waals surface area contributed by atoms with Gasteiger partial charge in [0.15, 0.2) is 0 Å². The fourth-order valence-electron chi connectivity index (χ4n) is 3.73. The molecule has 209 valence electrons. The van der Waals surface area contributed by atoms with E-state index >= 15 is 0 Å². The molecule has 2 atom stereocenters. The molecule has 0 aliphatic heterocycles. The Balaban J connectivity index is 0.000000381. The van der Waals surface area contributed by atoms with Gasteiger partial charge in [-0.3, -0.25) is 4.98 Å². The summed E-state index contributed by atoms with van der Waals surface area (Å²) in [5.74, 6) is 0.189. The van der Waals surface area contributed by atoms with Crippen LogP contribution in [0.1, 0.15) is 45.2 Å². The molecule has 2 N–H and O–H groups in total. The van der Waals surface area contributed by atoms with E-state index in [2.05, 4.69) is 23.2 Å². The number of nitrogens with zero attached hydrogens (tertiary/aromatic N) is 2. The predicted molar refractivity (Wildman–Crippen MR) is 153 cm³/mol. The van der Waals surface area contributed by atoms with E-state index in [0.29, 0.717) is 17.7 Å². The Morgan fingerprint density at radius 1 is 0.795 bits per heavy atom. The van der Waals surface area contributed by atoms with Crippen molar-refractivity contribution in [2.45, 2.75) is 60.2 Å². The predicted octanol–water partition coefficient (Wildman–Crippen LogP) is 7.44. The van der Waals surface area contributed by atoms with Gasteiger partial charge in [-0.05, 0) is 42.9 Å². The van der Waals surface area contributed by atoms with Gasteiger partial charge in [-0.25, -0.2) is 4.39 Å². The summed E-state index contributed by atoms with van der Waals surface area (Å²) in [6, 6.07) is 23.8. The first-order valence-corrected chi connectivity index (χ1v) is 13.1. The molecule has 4 nitrogen and oxygen atoms in total. The molecule has 0 spiro atoms. The molecular formula is C33H38FIrN2O2-. The summed E-state index contributed by atoms with van der Waals surface area (Å²) in [4.78, 5) is 9.50. The second-order valence-corrected chi connectivity index (χ2v) is 10.5. The maximum Gasteiger partial charge on any atom is 0.123 e. The van der Waals surface area contributed by atoms with Crippen LogP contribution in [0.3, 0.4) is 0 Å². The monoisotopic (exact) mass is 706 g/mol. The third kappa shape index (κ3) is 9.43. The Bertz CT molecular complexity index is 1300. The molecule has 1 radical (unpaired) electrons. The molecule has 39 heavy (non-hydrogen) atoms. The first kappa shape index (κ1) is 32.5. The smallest absolute Gasteiger partial charge is 0.123 e. The molecule has 6 heteroatoms. The average Bonchev–Trinajstić information content (AvgIpc) is 2.89. The quantitative estimate of drug-likeness (QED) is 0.196. The summed E-state index contributed by atoms with van der Waals surface area (Å²) in [5, 5.41) is 18.8. The van der Waals surface area contributed by atoms with Crippen LogP contribution in [-0.2, 0) is 20.1 Å². The van der Waals surface area contributed by atoms with Crippen LogP contribution in [0.2, 0.25) is 0 Å². The average molecular weight is 706 g/mol. The Morgan fingerprint density at radius 3 is 1.95 bits per heavy atom. The van der Waals surface area contributed by atoms with Crippen molar-refractivity contribution in [3.63, 3.8) is 0 Å². The minimum atomic E-state index is -0.368. The number of hydrogen-bond donors (Lipinski definition) is 2. The molecular weight excluding hydrogens is 668 g/mol. The summed E-state index contributed by atoms with van der Waals surface area (Å²) in [7, 11) is 0. The normalized spacial score (nSPS) is 12.4. The number of hydrogen-bond acceptors (Lipinski definition) is 4. The van der Waals surface area contributed by atoms with Crippen molar-refractivity contribution < 1.29 is 34.7 Å². The second kappa shape index (κ2) is 15.1. The Hall–Kier alpha value is -2.76. The van der Waals surface area contributed by atoms with Crippen molar-refractivity contribution in [1.82, 2.24) is 9.97 Å². The number of rotatable bonds is 7. The molecule has 0 amide bonds. The molecule has 0 aliphatic rings. The van der Waals surface area contributed by atoms with E-state index in [1.807, 2.05) is 77.9 Å². The van der Waals surface area contributed by atoms with Crippen LogP contribution in [0, 0.1) is 37.6 Å². The second-order valence-electron chi connectivity index (χ2n) is 10.5. The number of aliphatic hydroxyl groups is 2. The van der Waals surface area contributed by atoms with Crippen LogP contribution in [-0.4, -0.2) is 32.4 Å². The molecule has 0 saturated heterocycles. The van der Waals surface area contributed by atoms with Gasteiger partial charge in [0.1, 0.15) is 5.82 Å². The Labute approximate surface area is 245 Å². The molecule has 0 fully saturated rings. The summed E-state index contributed by atoms with van der Waals surface area (Å²) in [6.07, 6.45) is 1.45. The molecule has 0 aliphatic carbocycles. The van der Waals surface area contributed by atoms with Crippen molar-refractivity contribution in [3.8, 4) is 33.8 Å². The topological polar surface area (TPSA) is 66.2 Å². The maximum absolute atomic E-state index is 13.6. The molecule has 4 aromatic rings. The molecule has 1 heterocycles. The van der Waals surface area contributed by atoms with Gasteiger partial charge in [0.25, 0.3) is 0 Å². The summed E-state index contributed by atoms with van der Waals surface area (Å²) in [5.41, 5.74) is 7.04. The van der Waals surface area contributed by atoms with Gasteiger partial charge in [-0.15, -0.1) is 35.4 Å². The van der Waals surface area contributed by atoms with E-state index in [1.165, 1.54) is 17.7 Å². The molecule has 2 unspecified atom stereocenters. The first-order chi connectivity index (χ1) is 18.0. The van der Waals surface area contributed by atoms with Crippen molar-refractivity contribution in [3.05, 3.63) is 95.9 Å². The van der Waals surface area contributed by atoms with Crippen LogP contribution in [0.4, 0.5) is 4.39 Å². The molecule has 4 rings (SSSR count). The number of benzene rings is 3. The molecule has 3 aromatic carbocycles. The van der Waals surface area contributed by atoms with Crippen LogP contribution in [0.25, 0.3) is 33.8 Å². The molecule has 0 bridgehead atoms. The number of halogens is 1. The van der Waals surface area contributed by atoms with Gasteiger partial charge in [-0.2, -0.15) is 0 Å². The summed E-state index contributed by atoms with van der Waals surface area (Å²) < 4.78 is 13.6. The first-order valence-electron chi connectivity index (χ1n) is 13.1. The van der Waals surface area contributed by atoms with Gasteiger partial charge in [-0.1, -0.05) is 76.6 Å². The number of aryl methyl sites for hydroxylation is 2. The minimum Gasteiger partial charge on any atom is -0.393 e. The van der Waals surface area contributed by atoms with E-state index in [4.69, 9.17) is 4.98 Å². The summed E-state index contributed by atoms with van der Waals surface area (Å²) in [6.45, 7) is 11.9. The number of aromatic nitrogens is 2. The van der Waals surface area contributed by atoms with Gasteiger partial charge in [0, 0.05) is 37.6 Å². The summed E-state index contributed by atoms with van der Waals surface area (Å²) >= 11 is 0. The fourth-order valence-corrected chi connectivity index (χ4v) is 3.73. The minimum absolute atomic E-state index is 0. The zero-order valence-electron chi connectivity index (χ0n) is 23.4. The standard InChI is InChI=1S/C24H18FN2.C9H20O2.Ir/c1-16-6-10-18(11-7-16)23-24(19-12-8-17(2)9-13-19)27-22(15-26-23)20-4-3-5-21(25)14-20;1-6(2)8(10)5-9(11)7(3)4;/h3-10,12-15H,1-2H3;6-11H,5H2,1-4H3;/q-1;;. The zero-order valence-corrected chi connectivity index (χ0v) is 25.8. The Morgan fingerprint density at radius 2 is 1.41 bits per heavy atom. The maximum atomic E-state index is 13.6. The van der Waals surface area contributed by atoms with Gasteiger partial charge in [0.05, 0.1) is 23.6 Å². The van der Waals surface area contributed by atoms with Crippen molar-refractivity contribution in [1.29, 1.82) is 0 Å². The van der Waals surface area contributed by atoms with Crippen LogP contribution >= 0.6 is 0 Å². The van der Waals surface area contributed by atoms with Gasteiger partial charge >= 0.3 is 0 Å².